The van der Waals surface area contributed by atoms with Crippen LogP contribution in [0.3, 0.4) is 0 Å². The van der Waals surface area contributed by atoms with Crippen molar-refractivity contribution in [1.29, 1.82) is 0 Å². The molecule has 3 rings (SSSR count). The summed E-state index contributed by atoms with van der Waals surface area (Å²) in [7, 11) is 0. The van der Waals surface area contributed by atoms with E-state index in [9.17, 15) is 24.8 Å². The molecule has 0 aliphatic carbocycles. The van der Waals surface area contributed by atoms with Crippen molar-refractivity contribution >= 4 is 23.3 Å². The minimum atomic E-state index is -0.912. The number of nitrogens with zero attached hydrogens (tertiary/aromatic N) is 3. The first-order chi connectivity index (χ1) is 12.4. The van der Waals surface area contributed by atoms with Crippen molar-refractivity contribution < 1.29 is 19.6 Å². The summed E-state index contributed by atoms with van der Waals surface area (Å²) in [6.45, 7) is 4.06. The molecule has 2 atom stereocenters. The first kappa shape index (κ1) is 18.2. The van der Waals surface area contributed by atoms with Gasteiger partial charge in [-0.2, -0.15) is 0 Å². The molecule has 26 heavy (non-hydrogen) atoms. The lowest BCUT2D eigenvalue weighted by atomic mass is 9.90. The number of carbonyl (C=O) groups is 2. The van der Waals surface area contributed by atoms with Gasteiger partial charge in [0.05, 0.1) is 10.8 Å². The van der Waals surface area contributed by atoms with Gasteiger partial charge in [-0.1, -0.05) is 6.92 Å². The van der Waals surface area contributed by atoms with E-state index in [1.54, 1.807) is 12.1 Å². The van der Waals surface area contributed by atoms with Crippen LogP contribution >= 0.6 is 0 Å². The van der Waals surface area contributed by atoms with Gasteiger partial charge in [0.25, 0.3) is 11.6 Å². The summed E-state index contributed by atoms with van der Waals surface area (Å²) < 4.78 is 0. The van der Waals surface area contributed by atoms with Crippen LogP contribution in [0.15, 0.2) is 18.2 Å². The van der Waals surface area contributed by atoms with Gasteiger partial charge in [-0.3, -0.25) is 19.7 Å². The van der Waals surface area contributed by atoms with Crippen molar-refractivity contribution in [3.05, 3.63) is 33.9 Å². The van der Waals surface area contributed by atoms with Crippen LogP contribution in [0.25, 0.3) is 0 Å². The van der Waals surface area contributed by atoms with Gasteiger partial charge in [-0.05, 0) is 37.3 Å². The van der Waals surface area contributed by atoms with E-state index in [1.807, 2.05) is 11.8 Å². The fraction of sp³-hybridized carbons (Fsp3) is 0.556. The molecule has 2 heterocycles. The molecule has 140 valence electrons. The van der Waals surface area contributed by atoms with Gasteiger partial charge in [0.2, 0.25) is 0 Å². The Morgan fingerprint density at radius 2 is 1.92 bits per heavy atom. The number of hydrogen-bond donors (Lipinski definition) is 1. The van der Waals surface area contributed by atoms with E-state index < -0.39 is 16.8 Å². The minimum Gasteiger partial charge on any atom is -0.481 e. The maximum absolute atomic E-state index is 12.8. The van der Waals surface area contributed by atoms with Crippen LogP contribution in [0.2, 0.25) is 0 Å². The highest BCUT2D eigenvalue weighted by atomic mass is 16.6. The Balaban J connectivity index is 1.86. The third-order valence-corrected chi connectivity index (χ3v) is 5.16. The minimum absolute atomic E-state index is 0.0717. The highest BCUT2D eigenvalue weighted by Gasteiger charge is 2.33. The van der Waals surface area contributed by atoms with Crippen molar-refractivity contribution in [3.8, 4) is 0 Å². The summed E-state index contributed by atoms with van der Waals surface area (Å²) >= 11 is 0. The topological polar surface area (TPSA) is 104 Å². The Morgan fingerprint density at radius 1 is 1.23 bits per heavy atom. The van der Waals surface area contributed by atoms with Gasteiger partial charge in [-0.25, -0.2) is 0 Å². The predicted octanol–water partition coefficient (Wildman–Crippen LogP) is 2.38. The number of aliphatic carboxylic acids is 1. The van der Waals surface area contributed by atoms with Crippen LogP contribution < -0.4 is 4.90 Å². The summed E-state index contributed by atoms with van der Waals surface area (Å²) in [5.41, 5.74) is 0.704. The SMILES string of the molecule is CC1CC(C(=O)O)CN(C(=O)c2ccc(N3CCCC3)c([N+](=O)[O-])c2)C1. The maximum atomic E-state index is 12.8. The molecule has 0 aromatic heterocycles. The van der Waals surface area contributed by atoms with E-state index in [0.29, 0.717) is 18.7 Å². The molecule has 0 radical (unpaired) electrons. The molecule has 1 amide bonds. The molecule has 0 saturated carbocycles. The second-order valence-corrected chi connectivity index (χ2v) is 7.24. The number of amides is 1. The first-order valence-electron chi connectivity index (χ1n) is 8.92. The number of carboxylic acid groups (broad SMARTS) is 1. The van der Waals surface area contributed by atoms with E-state index in [0.717, 1.165) is 25.9 Å². The number of rotatable bonds is 4. The summed E-state index contributed by atoms with van der Waals surface area (Å²) in [5.74, 6) is -1.78. The average Bonchev–Trinajstić information content (AvgIpc) is 3.14. The van der Waals surface area contributed by atoms with Gasteiger partial charge < -0.3 is 14.9 Å². The molecule has 8 heteroatoms. The summed E-state index contributed by atoms with van der Waals surface area (Å²) in [6, 6.07) is 4.57. The number of carboxylic acids is 1. The Morgan fingerprint density at radius 3 is 2.54 bits per heavy atom. The lowest BCUT2D eigenvalue weighted by Crippen LogP contribution is -2.45. The molecule has 2 saturated heterocycles. The Hall–Kier alpha value is -2.64. The number of hydrogen-bond acceptors (Lipinski definition) is 5. The average molecular weight is 361 g/mol. The van der Waals surface area contributed by atoms with E-state index in [2.05, 4.69) is 0 Å². The summed E-state index contributed by atoms with van der Waals surface area (Å²) in [5, 5.41) is 20.8. The molecule has 2 unspecified atom stereocenters. The molecule has 2 fully saturated rings. The number of anilines is 1. The lowest BCUT2D eigenvalue weighted by Gasteiger charge is -2.34. The van der Waals surface area contributed by atoms with Gasteiger partial charge in [-0.15, -0.1) is 0 Å². The van der Waals surface area contributed by atoms with E-state index in [-0.39, 0.29) is 29.6 Å². The maximum Gasteiger partial charge on any atom is 0.308 e. The largest absolute Gasteiger partial charge is 0.481 e. The predicted molar refractivity (Wildman–Crippen MR) is 95.4 cm³/mol. The number of likely N-dealkylation sites (tertiary alicyclic amines) is 1. The number of carbonyl (C=O) groups excluding carboxylic acids is 1. The van der Waals surface area contributed by atoms with Crippen molar-refractivity contribution in [1.82, 2.24) is 4.90 Å². The normalized spacial score (nSPS) is 23.1. The van der Waals surface area contributed by atoms with Gasteiger partial charge >= 0.3 is 5.97 Å². The fourth-order valence-electron chi connectivity index (χ4n) is 3.91. The zero-order valence-corrected chi connectivity index (χ0v) is 14.8. The molecule has 0 bridgehead atoms. The van der Waals surface area contributed by atoms with Crippen LogP contribution in [-0.2, 0) is 4.79 Å². The monoisotopic (exact) mass is 361 g/mol. The first-order valence-corrected chi connectivity index (χ1v) is 8.92. The molecular weight excluding hydrogens is 338 g/mol. The van der Waals surface area contributed by atoms with E-state index >= 15 is 0 Å². The van der Waals surface area contributed by atoms with E-state index in [1.165, 1.54) is 11.0 Å². The molecule has 2 aliphatic heterocycles. The fourth-order valence-corrected chi connectivity index (χ4v) is 3.91. The standard InChI is InChI=1S/C18H23N3O5/c1-12-8-14(18(23)24)11-20(10-12)17(22)13-4-5-15(16(9-13)21(25)26)19-6-2-3-7-19/h4-5,9,12,14H,2-3,6-8,10-11H2,1H3,(H,23,24). The zero-order valence-electron chi connectivity index (χ0n) is 14.8. The van der Waals surface area contributed by atoms with Crippen LogP contribution in [0, 0.1) is 22.0 Å². The van der Waals surface area contributed by atoms with Gasteiger partial charge in [0, 0.05) is 37.8 Å². The van der Waals surface area contributed by atoms with Crippen molar-refractivity contribution in [3.63, 3.8) is 0 Å². The Bertz CT molecular complexity index is 730. The molecule has 0 spiro atoms. The van der Waals surface area contributed by atoms with Gasteiger partial charge in [0.1, 0.15) is 5.69 Å². The molecule has 2 aliphatic rings. The highest BCUT2D eigenvalue weighted by Crippen LogP contribution is 2.32. The Kier molecular flexibility index (Phi) is 5.11. The smallest absolute Gasteiger partial charge is 0.308 e. The van der Waals surface area contributed by atoms with E-state index in [4.69, 9.17) is 0 Å². The number of nitro groups is 1. The summed E-state index contributed by atoms with van der Waals surface area (Å²) in [6.07, 6.45) is 2.54. The highest BCUT2D eigenvalue weighted by molar-refractivity contribution is 5.96. The molecule has 8 nitrogen and oxygen atoms in total. The van der Waals surface area contributed by atoms with Gasteiger partial charge in [0.15, 0.2) is 0 Å². The second kappa shape index (κ2) is 7.31. The summed E-state index contributed by atoms with van der Waals surface area (Å²) in [4.78, 5) is 38.6. The van der Waals surface area contributed by atoms with Crippen LogP contribution in [0.4, 0.5) is 11.4 Å². The second-order valence-electron chi connectivity index (χ2n) is 7.24. The molecular formula is C18H23N3O5. The van der Waals surface area contributed by atoms with Crippen LogP contribution in [0.1, 0.15) is 36.5 Å². The Labute approximate surface area is 151 Å². The molecule has 1 aromatic rings. The molecule has 1 aromatic carbocycles. The van der Waals surface area contributed by atoms with Crippen molar-refractivity contribution in [2.75, 3.05) is 31.1 Å². The number of piperidine rings is 1. The van der Waals surface area contributed by atoms with Crippen LogP contribution in [0.5, 0.6) is 0 Å². The van der Waals surface area contributed by atoms with Crippen molar-refractivity contribution in [2.24, 2.45) is 11.8 Å². The number of nitro benzene ring substituents is 1. The third-order valence-electron chi connectivity index (χ3n) is 5.16. The molecule has 1 N–H and O–H groups in total. The lowest BCUT2D eigenvalue weighted by molar-refractivity contribution is -0.384. The third kappa shape index (κ3) is 3.63. The quantitative estimate of drug-likeness (QED) is 0.652. The zero-order chi connectivity index (χ0) is 18.8. The van der Waals surface area contributed by atoms with Crippen LogP contribution in [-0.4, -0.2) is 53.0 Å². The number of benzene rings is 1. The van der Waals surface area contributed by atoms with Crippen molar-refractivity contribution in [2.45, 2.75) is 26.2 Å².